The van der Waals surface area contributed by atoms with Crippen molar-refractivity contribution in [2.45, 2.75) is 0 Å². The summed E-state index contributed by atoms with van der Waals surface area (Å²) in [5.41, 5.74) is 0.919. The van der Waals surface area contributed by atoms with E-state index in [1.807, 2.05) is 12.1 Å². The third-order valence-electron chi connectivity index (χ3n) is 1.99. The lowest BCUT2D eigenvalue weighted by Crippen LogP contribution is -1.81. The van der Waals surface area contributed by atoms with Crippen LogP contribution in [0.2, 0.25) is 15.1 Å². The lowest BCUT2D eigenvalue weighted by atomic mass is 10.2. The van der Waals surface area contributed by atoms with Crippen molar-refractivity contribution >= 4 is 46.8 Å². The standard InChI is InChI=1S/C12H7Cl3N2/c13-9-3-1-8(2-4-9)6-16-12-11(15)5-10(14)7-17-12/h1-7H. The normalized spacial score (nSPS) is 11.0. The Morgan fingerprint density at radius 1 is 1.00 bits per heavy atom. The van der Waals surface area contributed by atoms with Gasteiger partial charge in [0.25, 0.3) is 0 Å². The molecule has 1 aromatic carbocycles. The molecule has 0 N–H and O–H groups in total. The van der Waals surface area contributed by atoms with Gasteiger partial charge in [0.1, 0.15) is 0 Å². The fourth-order valence-corrected chi connectivity index (χ4v) is 1.74. The molecule has 2 aromatic rings. The van der Waals surface area contributed by atoms with E-state index >= 15 is 0 Å². The Morgan fingerprint density at radius 2 is 1.71 bits per heavy atom. The van der Waals surface area contributed by atoms with Crippen LogP contribution in [0.1, 0.15) is 5.56 Å². The van der Waals surface area contributed by atoms with E-state index < -0.39 is 0 Å². The average Bonchev–Trinajstić information content (AvgIpc) is 2.30. The molecule has 0 spiro atoms. The van der Waals surface area contributed by atoms with Crippen molar-refractivity contribution in [1.29, 1.82) is 0 Å². The Morgan fingerprint density at radius 3 is 2.35 bits per heavy atom. The summed E-state index contributed by atoms with van der Waals surface area (Å²) in [6.45, 7) is 0. The Bertz CT molecular complexity index is 550. The molecule has 0 saturated heterocycles. The number of benzene rings is 1. The quantitative estimate of drug-likeness (QED) is 0.728. The summed E-state index contributed by atoms with van der Waals surface area (Å²) in [7, 11) is 0. The third kappa shape index (κ3) is 3.43. The van der Waals surface area contributed by atoms with E-state index in [9.17, 15) is 0 Å². The van der Waals surface area contributed by atoms with Gasteiger partial charge in [-0.05, 0) is 23.8 Å². The Hall–Kier alpha value is -1.09. The molecule has 17 heavy (non-hydrogen) atoms. The van der Waals surface area contributed by atoms with Crippen molar-refractivity contribution in [1.82, 2.24) is 4.98 Å². The number of rotatable bonds is 2. The van der Waals surface area contributed by atoms with Gasteiger partial charge in [0.2, 0.25) is 0 Å². The van der Waals surface area contributed by atoms with Crippen LogP contribution in [0.4, 0.5) is 5.82 Å². The highest BCUT2D eigenvalue weighted by molar-refractivity contribution is 6.35. The van der Waals surface area contributed by atoms with Crippen LogP contribution < -0.4 is 0 Å². The van der Waals surface area contributed by atoms with Crippen LogP contribution in [0.15, 0.2) is 41.5 Å². The van der Waals surface area contributed by atoms with Gasteiger partial charge in [-0.1, -0.05) is 46.9 Å². The minimum absolute atomic E-state index is 0.419. The highest BCUT2D eigenvalue weighted by Gasteiger charge is 2.00. The van der Waals surface area contributed by atoms with Gasteiger partial charge >= 0.3 is 0 Å². The van der Waals surface area contributed by atoms with Crippen molar-refractivity contribution < 1.29 is 0 Å². The second kappa shape index (κ2) is 5.50. The molecule has 0 radical (unpaired) electrons. The molecule has 0 fully saturated rings. The number of halogens is 3. The predicted octanol–water partition coefficient (Wildman–Crippen LogP) is 4.79. The maximum atomic E-state index is 5.94. The largest absolute Gasteiger partial charge is 0.235 e. The summed E-state index contributed by atoms with van der Waals surface area (Å²) < 4.78 is 0. The third-order valence-corrected chi connectivity index (χ3v) is 2.73. The molecule has 86 valence electrons. The highest BCUT2D eigenvalue weighted by atomic mass is 35.5. The molecule has 2 nitrogen and oxygen atoms in total. The molecule has 0 saturated carbocycles. The summed E-state index contributed by atoms with van der Waals surface area (Å²) in [6, 6.07) is 8.90. The van der Waals surface area contributed by atoms with Crippen LogP contribution in [0.25, 0.3) is 0 Å². The number of aromatic nitrogens is 1. The van der Waals surface area contributed by atoms with Gasteiger partial charge in [-0.2, -0.15) is 0 Å². The van der Waals surface area contributed by atoms with Crippen LogP contribution in [0.5, 0.6) is 0 Å². The summed E-state index contributed by atoms with van der Waals surface area (Å²) in [4.78, 5) is 8.20. The maximum Gasteiger partial charge on any atom is 0.170 e. The first-order valence-electron chi connectivity index (χ1n) is 4.76. The topological polar surface area (TPSA) is 25.2 Å². The molecular formula is C12H7Cl3N2. The van der Waals surface area contributed by atoms with Crippen LogP contribution in [0, 0.1) is 0 Å². The van der Waals surface area contributed by atoms with Gasteiger partial charge in [-0.25, -0.2) is 9.98 Å². The Labute approximate surface area is 114 Å². The molecule has 1 aromatic heterocycles. The first kappa shape index (κ1) is 12.4. The van der Waals surface area contributed by atoms with E-state index in [1.165, 1.54) is 6.20 Å². The Kier molecular flexibility index (Phi) is 4.00. The predicted molar refractivity (Wildman–Crippen MR) is 73.0 cm³/mol. The first-order chi connectivity index (χ1) is 8.15. The highest BCUT2D eigenvalue weighted by Crippen LogP contribution is 2.24. The smallest absolute Gasteiger partial charge is 0.170 e. The maximum absolute atomic E-state index is 5.94. The van der Waals surface area contributed by atoms with E-state index in [0.29, 0.717) is 20.9 Å². The van der Waals surface area contributed by atoms with E-state index in [1.54, 1.807) is 24.4 Å². The average molecular weight is 286 g/mol. The zero-order valence-corrected chi connectivity index (χ0v) is 10.8. The zero-order valence-electron chi connectivity index (χ0n) is 8.57. The molecular weight excluding hydrogens is 279 g/mol. The molecule has 2 rings (SSSR count). The molecule has 0 aliphatic carbocycles. The first-order valence-corrected chi connectivity index (χ1v) is 5.89. The Balaban J connectivity index is 2.23. The fourth-order valence-electron chi connectivity index (χ4n) is 1.19. The van der Waals surface area contributed by atoms with Crippen molar-refractivity contribution in [2.24, 2.45) is 4.99 Å². The minimum atomic E-state index is 0.419. The molecule has 5 heteroatoms. The van der Waals surface area contributed by atoms with E-state index in [0.717, 1.165) is 5.56 Å². The number of hydrogen-bond donors (Lipinski definition) is 0. The minimum Gasteiger partial charge on any atom is -0.235 e. The lowest BCUT2D eigenvalue weighted by molar-refractivity contribution is 1.28. The van der Waals surface area contributed by atoms with Crippen LogP contribution in [0.3, 0.4) is 0 Å². The summed E-state index contributed by atoms with van der Waals surface area (Å²) in [5.74, 6) is 0.436. The SMILES string of the molecule is Clc1ccc(C=Nc2ncc(Cl)cc2Cl)cc1. The van der Waals surface area contributed by atoms with Gasteiger partial charge < -0.3 is 0 Å². The molecule has 0 amide bonds. The van der Waals surface area contributed by atoms with Gasteiger partial charge in [-0.3, -0.25) is 0 Å². The van der Waals surface area contributed by atoms with E-state index in [4.69, 9.17) is 34.8 Å². The monoisotopic (exact) mass is 284 g/mol. The summed E-state index contributed by atoms with van der Waals surface area (Å²) >= 11 is 17.5. The van der Waals surface area contributed by atoms with Crippen LogP contribution in [-0.4, -0.2) is 11.2 Å². The van der Waals surface area contributed by atoms with Crippen molar-refractivity contribution in [3.63, 3.8) is 0 Å². The van der Waals surface area contributed by atoms with Gasteiger partial charge in [0, 0.05) is 17.4 Å². The summed E-state index contributed by atoms with van der Waals surface area (Å²) in [6.07, 6.45) is 3.17. The molecule has 0 bridgehead atoms. The molecule has 0 aliphatic heterocycles. The second-order valence-corrected chi connectivity index (χ2v) is 4.55. The molecule has 0 unspecified atom stereocenters. The van der Waals surface area contributed by atoms with Crippen LogP contribution in [-0.2, 0) is 0 Å². The lowest BCUT2D eigenvalue weighted by Gasteiger charge is -1.97. The van der Waals surface area contributed by atoms with Gasteiger partial charge in [0.05, 0.1) is 10.0 Å². The molecule has 0 aliphatic rings. The van der Waals surface area contributed by atoms with Gasteiger partial charge in [-0.15, -0.1) is 0 Å². The number of hydrogen-bond acceptors (Lipinski definition) is 2. The molecule has 1 heterocycles. The van der Waals surface area contributed by atoms with E-state index in [2.05, 4.69) is 9.98 Å². The zero-order chi connectivity index (χ0) is 12.3. The van der Waals surface area contributed by atoms with Crippen molar-refractivity contribution in [3.8, 4) is 0 Å². The van der Waals surface area contributed by atoms with Crippen molar-refractivity contribution in [2.75, 3.05) is 0 Å². The van der Waals surface area contributed by atoms with Crippen molar-refractivity contribution in [3.05, 3.63) is 57.2 Å². The molecule has 0 atom stereocenters. The number of nitrogens with zero attached hydrogens (tertiary/aromatic N) is 2. The fraction of sp³-hybridized carbons (Fsp3) is 0. The van der Waals surface area contributed by atoms with Crippen LogP contribution >= 0.6 is 34.8 Å². The second-order valence-electron chi connectivity index (χ2n) is 3.27. The number of pyridine rings is 1. The number of aliphatic imine (C=N–C) groups is 1. The van der Waals surface area contributed by atoms with E-state index in [-0.39, 0.29) is 0 Å². The van der Waals surface area contributed by atoms with Gasteiger partial charge in [0.15, 0.2) is 5.82 Å². The summed E-state index contributed by atoms with van der Waals surface area (Å²) in [5, 5.41) is 1.59.